The SMILES string of the molecule is N#Cc1ccc(F)c(O)c1C(N)CF. The lowest BCUT2D eigenvalue weighted by Gasteiger charge is -2.11. The molecule has 3 nitrogen and oxygen atoms in total. The van der Waals surface area contributed by atoms with Crippen molar-refractivity contribution in [1.82, 2.24) is 0 Å². The summed E-state index contributed by atoms with van der Waals surface area (Å²) in [7, 11) is 0. The van der Waals surface area contributed by atoms with Crippen LogP contribution in [0.3, 0.4) is 0 Å². The van der Waals surface area contributed by atoms with Crippen molar-refractivity contribution >= 4 is 0 Å². The molecule has 1 aromatic rings. The fourth-order valence-electron chi connectivity index (χ4n) is 1.13. The molecule has 1 atom stereocenters. The molecule has 1 unspecified atom stereocenters. The van der Waals surface area contributed by atoms with E-state index in [4.69, 9.17) is 11.0 Å². The predicted octanol–water partition coefficient (Wildman–Crippen LogP) is 1.37. The van der Waals surface area contributed by atoms with Crippen molar-refractivity contribution in [2.75, 3.05) is 6.67 Å². The van der Waals surface area contributed by atoms with E-state index in [0.29, 0.717) is 0 Å². The van der Waals surface area contributed by atoms with Crippen molar-refractivity contribution in [3.8, 4) is 11.8 Å². The van der Waals surface area contributed by atoms with E-state index in [1.165, 1.54) is 0 Å². The van der Waals surface area contributed by atoms with Crippen LogP contribution >= 0.6 is 0 Å². The minimum absolute atomic E-state index is 0.0194. The zero-order valence-corrected chi connectivity index (χ0v) is 7.17. The summed E-state index contributed by atoms with van der Waals surface area (Å²) < 4.78 is 25.1. The molecule has 0 aromatic heterocycles. The Balaban J connectivity index is 3.37. The van der Waals surface area contributed by atoms with Crippen LogP contribution in [0.5, 0.6) is 5.75 Å². The maximum atomic E-state index is 12.9. The molecule has 14 heavy (non-hydrogen) atoms. The number of rotatable bonds is 2. The van der Waals surface area contributed by atoms with Gasteiger partial charge in [0.1, 0.15) is 6.67 Å². The molecule has 0 aliphatic rings. The van der Waals surface area contributed by atoms with Gasteiger partial charge in [0, 0.05) is 5.56 Å². The first-order chi connectivity index (χ1) is 6.61. The molecule has 3 N–H and O–H groups in total. The first-order valence-electron chi connectivity index (χ1n) is 3.84. The Kier molecular flexibility index (Phi) is 2.99. The quantitative estimate of drug-likeness (QED) is 0.753. The van der Waals surface area contributed by atoms with E-state index < -0.39 is 24.3 Å². The fourth-order valence-corrected chi connectivity index (χ4v) is 1.13. The number of alkyl halides is 1. The van der Waals surface area contributed by atoms with E-state index in [2.05, 4.69) is 0 Å². The molecule has 0 spiro atoms. The van der Waals surface area contributed by atoms with Crippen LogP contribution in [-0.2, 0) is 0 Å². The van der Waals surface area contributed by atoms with Gasteiger partial charge in [-0.1, -0.05) is 0 Å². The number of phenols is 1. The van der Waals surface area contributed by atoms with Gasteiger partial charge in [-0.3, -0.25) is 0 Å². The minimum atomic E-state index is -1.18. The summed E-state index contributed by atoms with van der Waals surface area (Å²) in [6, 6.07) is 2.61. The fraction of sp³-hybridized carbons (Fsp3) is 0.222. The lowest BCUT2D eigenvalue weighted by atomic mass is 10.0. The Bertz CT molecular complexity index is 387. The molecule has 0 saturated carbocycles. The Morgan fingerprint density at radius 3 is 2.71 bits per heavy atom. The van der Waals surface area contributed by atoms with Crippen LogP contribution in [0, 0.1) is 17.1 Å². The molecule has 74 valence electrons. The van der Waals surface area contributed by atoms with Crippen molar-refractivity contribution < 1.29 is 13.9 Å². The number of nitrogens with zero attached hydrogens (tertiary/aromatic N) is 1. The number of nitriles is 1. The van der Waals surface area contributed by atoms with Crippen molar-refractivity contribution in [2.45, 2.75) is 6.04 Å². The molecule has 0 bridgehead atoms. The molecule has 0 fully saturated rings. The third-order valence-corrected chi connectivity index (χ3v) is 1.83. The molecule has 1 aromatic carbocycles. The van der Waals surface area contributed by atoms with E-state index >= 15 is 0 Å². The molecule has 5 heteroatoms. The van der Waals surface area contributed by atoms with Crippen LogP contribution in [0.25, 0.3) is 0 Å². The maximum absolute atomic E-state index is 12.9. The number of phenolic OH excluding ortho intramolecular Hbond substituents is 1. The zero-order chi connectivity index (χ0) is 10.7. The standard InChI is InChI=1S/C9H8F2N2O/c10-3-7(13)8-5(4-12)1-2-6(11)9(8)14/h1-2,7,14H,3,13H2. The highest BCUT2D eigenvalue weighted by atomic mass is 19.1. The van der Waals surface area contributed by atoms with Gasteiger partial charge in [-0.05, 0) is 12.1 Å². The number of halogens is 2. The second-order valence-electron chi connectivity index (χ2n) is 2.73. The van der Waals surface area contributed by atoms with Gasteiger partial charge in [0.2, 0.25) is 0 Å². The molecule has 0 radical (unpaired) electrons. The minimum Gasteiger partial charge on any atom is -0.505 e. The normalized spacial score (nSPS) is 12.1. The van der Waals surface area contributed by atoms with Gasteiger partial charge in [0.15, 0.2) is 11.6 Å². The topological polar surface area (TPSA) is 70.0 Å². The summed E-state index contributed by atoms with van der Waals surface area (Å²) in [5, 5.41) is 17.9. The largest absolute Gasteiger partial charge is 0.505 e. The molecular formula is C9H8F2N2O. The van der Waals surface area contributed by atoms with Gasteiger partial charge < -0.3 is 10.8 Å². The second-order valence-corrected chi connectivity index (χ2v) is 2.73. The summed E-state index contributed by atoms with van der Waals surface area (Å²) in [4.78, 5) is 0. The Hall–Kier alpha value is -1.67. The van der Waals surface area contributed by atoms with E-state index in [1.807, 2.05) is 0 Å². The average Bonchev–Trinajstić information content (AvgIpc) is 2.20. The van der Waals surface area contributed by atoms with Crippen LogP contribution in [0.4, 0.5) is 8.78 Å². The molecular weight excluding hydrogens is 190 g/mol. The Morgan fingerprint density at radius 1 is 1.57 bits per heavy atom. The van der Waals surface area contributed by atoms with Gasteiger partial charge in [-0.15, -0.1) is 0 Å². The van der Waals surface area contributed by atoms with Crippen LogP contribution in [0.2, 0.25) is 0 Å². The van der Waals surface area contributed by atoms with Crippen molar-refractivity contribution in [3.05, 3.63) is 29.1 Å². The highest BCUT2D eigenvalue weighted by Crippen LogP contribution is 2.29. The lowest BCUT2D eigenvalue weighted by Crippen LogP contribution is -2.14. The van der Waals surface area contributed by atoms with Crippen LogP contribution in [0.1, 0.15) is 17.2 Å². The molecule has 0 aliphatic heterocycles. The van der Waals surface area contributed by atoms with Crippen LogP contribution < -0.4 is 5.73 Å². The molecule has 0 heterocycles. The summed E-state index contributed by atoms with van der Waals surface area (Å²) in [5.74, 6) is -1.67. The predicted molar refractivity (Wildman–Crippen MR) is 45.7 cm³/mol. The van der Waals surface area contributed by atoms with Crippen LogP contribution in [-0.4, -0.2) is 11.8 Å². The number of hydrogen-bond donors (Lipinski definition) is 2. The van der Waals surface area contributed by atoms with Gasteiger partial charge >= 0.3 is 0 Å². The van der Waals surface area contributed by atoms with Crippen molar-refractivity contribution in [3.63, 3.8) is 0 Å². The molecule has 1 rings (SSSR count). The van der Waals surface area contributed by atoms with Gasteiger partial charge in [0.05, 0.1) is 17.7 Å². The van der Waals surface area contributed by atoms with Crippen molar-refractivity contribution in [2.24, 2.45) is 5.73 Å². The number of nitrogens with two attached hydrogens (primary N) is 1. The van der Waals surface area contributed by atoms with Gasteiger partial charge in [0.25, 0.3) is 0 Å². The summed E-state index contributed by atoms with van der Waals surface area (Å²) in [6.45, 7) is -0.967. The number of hydrogen-bond acceptors (Lipinski definition) is 3. The number of benzene rings is 1. The molecule has 0 aliphatic carbocycles. The van der Waals surface area contributed by atoms with Gasteiger partial charge in [-0.2, -0.15) is 5.26 Å². The Morgan fingerprint density at radius 2 is 2.21 bits per heavy atom. The number of aromatic hydroxyl groups is 1. The highest BCUT2D eigenvalue weighted by molar-refractivity contribution is 5.48. The highest BCUT2D eigenvalue weighted by Gasteiger charge is 2.18. The zero-order valence-electron chi connectivity index (χ0n) is 7.17. The van der Waals surface area contributed by atoms with Gasteiger partial charge in [-0.25, -0.2) is 8.78 Å². The Labute approximate surface area is 79.4 Å². The summed E-state index contributed by atoms with van der Waals surface area (Å²) in [6.07, 6.45) is 0. The van der Waals surface area contributed by atoms with E-state index in [1.54, 1.807) is 6.07 Å². The molecule has 0 saturated heterocycles. The first-order valence-corrected chi connectivity index (χ1v) is 3.84. The van der Waals surface area contributed by atoms with E-state index in [0.717, 1.165) is 12.1 Å². The second kappa shape index (κ2) is 4.03. The van der Waals surface area contributed by atoms with Crippen molar-refractivity contribution in [1.29, 1.82) is 5.26 Å². The van der Waals surface area contributed by atoms with E-state index in [9.17, 15) is 13.9 Å². The maximum Gasteiger partial charge on any atom is 0.165 e. The monoisotopic (exact) mass is 198 g/mol. The third kappa shape index (κ3) is 1.65. The smallest absolute Gasteiger partial charge is 0.165 e. The van der Waals surface area contributed by atoms with E-state index in [-0.39, 0.29) is 11.1 Å². The lowest BCUT2D eigenvalue weighted by molar-refractivity contribution is 0.395. The summed E-state index contributed by atoms with van der Waals surface area (Å²) >= 11 is 0. The first kappa shape index (κ1) is 10.4. The average molecular weight is 198 g/mol. The third-order valence-electron chi connectivity index (χ3n) is 1.83. The summed E-state index contributed by atoms with van der Waals surface area (Å²) in [5.41, 5.74) is 5.08. The molecule has 0 amide bonds. The van der Waals surface area contributed by atoms with Crippen LogP contribution in [0.15, 0.2) is 12.1 Å².